The van der Waals surface area contributed by atoms with Gasteiger partial charge in [0.05, 0.1) is 5.92 Å². The summed E-state index contributed by atoms with van der Waals surface area (Å²) in [4.78, 5) is 10.7. The average Bonchev–Trinajstić information content (AvgIpc) is 2.18. The van der Waals surface area contributed by atoms with E-state index in [4.69, 9.17) is 5.11 Å². The van der Waals surface area contributed by atoms with E-state index in [0.29, 0.717) is 6.42 Å². The molecular formula is C13H18O2. The van der Waals surface area contributed by atoms with Crippen LogP contribution in [-0.2, 0) is 11.2 Å². The van der Waals surface area contributed by atoms with Gasteiger partial charge in [0.2, 0.25) is 0 Å². The van der Waals surface area contributed by atoms with Crippen molar-refractivity contribution in [3.63, 3.8) is 0 Å². The fourth-order valence-electron chi connectivity index (χ4n) is 1.57. The van der Waals surface area contributed by atoms with Crippen molar-refractivity contribution in [3.8, 4) is 0 Å². The summed E-state index contributed by atoms with van der Waals surface area (Å²) in [6.45, 7) is 5.89. The molecule has 0 heterocycles. The van der Waals surface area contributed by atoms with E-state index in [1.165, 1.54) is 16.7 Å². The van der Waals surface area contributed by atoms with Gasteiger partial charge in [-0.25, -0.2) is 0 Å². The average molecular weight is 206 g/mol. The van der Waals surface area contributed by atoms with E-state index in [-0.39, 0.29) is 5.92 Å². The molecule has 0 spiro atoms. The molecular weight excluding hydrogens is 188 g/mol. The predicted octanol–water partition coefficient (Wildman–Crippen LogP) is 2.96. The highest BCUT2D eigenvalue weighted by molar-refractivity contribution is 5.69. The Morgan fingerprint density at radius 1 is 1.40 bits per heavy atom. The van der Waals surface area contributed by atoms with Crippen molar-refractivity contribution in [1.82, 2.24) is 0 Å². The van der Waals surface area contributed by atoms with E-state index in [1.807, 2.05) is 0 Å². The third kappa shape index (κ3) is 3.39. The Bertz CT molecular complexity index is 356. The van der Waals surface area contributed by atoms with Crippen LogP contribution in [0.15, 0.2) is 18.2 Å². The lowest BCUT2D eigenvalue weighted by Crippen LogP contribution is -2.10. The first-order valence-corrected chi connectivity index (χ1v) is 5.29. The van der Waals surface area contributed by atoms with Crippen LogP contribution in [-0.4, -0.2) is 11.1 Å². The molecule has 1 aromatic carbocycles. The van der Waals surface area contributed by atoms with E-state index >= 15 is 0 Å². The van der Waals surface area contributed by atoms with Crippen LogP contribution in [0.5, 0.6) is 0 Å². The molecule has 0 aliphatic heterocycles. The van der Waals surface area contributed by atoms with E-state index < -0.39 is 5.97 Å². The maximum atomic E-state index is 10.7. The van der Waals surface area contributed by atoms with Gasteiger partial charge in [0, 0.05) is 0 Å². The van der Waals surface area contributed by atoms with E-state index in [9.17, 15) is 4.79 Å². The topological polar surface area (TPSA) is 37.3 Å². The van der Waals surface area contributed by atoms with Gasteiger partial charge in [-0.05, 0) is 37.8 Å². The molecule has 1 atom stereocenters. The fourth-order valence-corrected chi connectivity index (χ4v) is 1.57. The molecule has 0 saturated carbocycles. The summed E-state index contributed by atoms with van der Waals surface area (Å²) in [6.07, 6.45) is 1.56. The van der Waals surface area contributed by atoms with Crippen LogP contribution < -0.4 is 0 Å². The minimum absolute atomic E-state index is 0.259. The lowest BCUT2D eigenvalue weighted by atomic mass is 9.97. The number of aliphatic carboxylic acids is 1. The Balaban J connectivity index is 2.65. The van der Waals surface area contributed by atoms with Gasteiger partial charge in [0.25, 0.3) is 0 Å². The van der Waals surface area contributed by atoms with Crippen LogP contribution in [0, 0.1) is 19.8 Å². The largest absolute Gasteiger partial charge is 0.481 e. The van der Waals surface area contributed by atoms with Gasteiger partial charge >= 0.3 is 5.97 Å². The van der Waals surface area contributed by atoms with Gasteiger partial charge in [0.1, 0.15) is 0 Å². The zero-order valence-electron chi connectivity index (χ0n) is 9.58. The lowest BCUT2D eigenvalue weighted by Gasteiger charge is -2.09. The zero-order chi connectivity index (χ0) is 11.4. The Morgan fingerprint density at radius 2 is 2.07 bits per heavy atom. The molecule has 0 amide bonds. The van der Waals surface area contributed by atoms with Crippen molar-refractivity contribution in [2.75, 3.05) is 0 Å². The molecule has 82 valence electrons. The number of rotatable bonds is 4. The Labute approximate surface area is 90.9 Å². The number of hydrogen-bond acceptors (Lipinski definition) is 1. The second kappa shape index (κ2) is 4.96. The van der Waals surface area contributed by atoms with Gasteiger partial charge in [0.15, 0.2) is 0 Å². The quantitative estimate of drug-likeness (QED) is 0.822. The van der Waals surface area contributed by atoms with Gasteiger partial charge in [-0.1, -0.05) is 30.7 Å². The first-order valence-electron chi connectivity index (χ1n) is 5.29. The van der Waals surface area contributed by atoms with E-state index in [2.05, 4.69) is 32.0 Å². The Kier molecular flexibility index (Phi) is 3.89. The van der Waals surface area contributed by atoms with Crippen LogP contribution in [0.3, 0.4) is 0 Å². The molecule has 1 unspecified atom stereocenters. The molecule has 0 aromatic heterocycles. The van der Waals surface area contributed by atoms with Crippen molar-refractivity contribution < 1.29 is 9.90 Å². The van der Waals surface area contributed by atoms with Crippen LogP contribution in [0.4, 0.5) is 0 Å². The number of carboxylic acids is 1. The van der Waals surface area contributed by atoms with Crippen LogP contribution >= 0.6 is 0 Å². The summed E-state index contributed by atoms with van der Waals surface area (Å²) >= 11 is 0. The number of benzene rings is 1. The third-order valence-electron chi connectivity index (χ3n) is 2.77. The molecule has 1 aromatic rings. The summed E-state index contributed by atoms with van der Waals surface area (Å²) in [5, 5.41) is 8.78. The lowest BCUT2D eigenvalue weighted by molar-refractivity contribution is -0.141. The van der Waals surface area contributed by atoms with Crippen LogP contribution in [0.2, 0.25) is 0 Å². The standard InChI is InChI=1S/C13H18O2/c1-9-4-5-10(2)12(8-9)7-6-11(3)13(14)15/h4-5,8,11H,6-7H2,1-3H3,(H,14,15). The molecule has 0 radical (unpaired) electrons. The highest BCUT2D eigenvalue weighted by Gasteiger charge is 2.11. The normalized spacial score (nSPS) is 12.5. The number of hydrogen-bond donors (Lipinski definition) is 1. The molecule has 2 nitrogen and oxygen atoms in total. The highest BCUT2D eigenvalue weighted by atomic mass is 16.4. The van der Waals surface area contributed by atoms with Crippen molar-refractivity contribution in [2.24, 2.45) is 5.92 Å². The summed E-state index contributed by atoms with van der Waals surface area (Å²) in [6, 6.07) is 6.32. The second-order valence-electron chi connectivity index (χ2n) is 4.21. The molecule has 2 heteroatoms. The molecule has 15 heavy (non-hydrogen) atoms. The molecule has 0 aliphatic carbocycles. The number of carboxylic acid groups (broad SMARTS) is 1. The molecule has 0 saturated heterocycles. The van der Waals surface area contributed by atoms with Crippen molar-refractivity contribution in [1.29, 1.82) is 0 Å². The van der Waals surface area contributed by atoms with Gasteiger partial charge in [-0.2, -0.15) is 0 Å². The fraction of sp³-hybridized carbons (Fsp3) is 0.462. The van der Waals surface area contributed by atoms with Crippen molar-refractivity contribution in [3.05, 3.63) is 34.9 Å². The van der Waals surface area contributed by atoms with Crippen molar-refractivity contribution >= 4 is 5.97 Å². The molecule has 0 fully saturated rings. The SMILES string of the molecule is Cc1ccc(C)c(CCC(C)C(=O)O)c1. The minimum Gasteiger partial charge on any atom is -0.481 e. The molecule has 0 bridgehead atoms. The third-order valence-corrected chi connectivity index (χ3v) is 2.77. The van der Waals surface area contributed by atoms with E-state index in [0.717, 1.165) is 6.42 Å². The Hall–Kier alpha value is -1.31. The van der Waals surface area contributed by atoms with Crippen LogP contribution in [0.25, 0.3) is 0 Å². The highest BCUT2D eigenvalue weighted by Crippen LogP contribution is 2.15. The van der Waals surface area contributed by atoms with Gasteiger partial charge < -0.3 is 5.11 Å². The molecule has 1 rings (SSSR count). The first-order chi connectivity index (χ1) is 7.00. The summed E-state index contributed by atoms with van der Waals surface area (Å²) < 4.78 is 0. The maximum Gasteiger partial charge on any atom is 0.306 e. The van der Waals surface area contributed by atoms with Crippen LogP contribution in [0.1, 0.15) is 30.0 Å². The van der Waals surface area contributed by atoms with Crippen molar-refractivity contribution in [2.45, 2.75) is 33.6 Å². The van der Waals surface area contributed by atoms with E-state index in [1.54, 1.807) is 6.92 Å². The predicted molar refractivity (Wildman–Crippen MR) is 61.0 cm³/mol. The molecule has 0 aliphatic rings. The maximum absolute atomic E-state index is 10.7. The van der Waals surface area contributed by atoms with Gasteiger partial charge in [-0.15, -0.1) is 0 Å². The summed E-state index contributed by atoms with van der Waals surface area (Å²) in [5.74, 6) is -0.967. The summed E-state index contributed by atoms with van der Waals surface area (Å²) in [7, 11) is 0. The zero-order valence-corrected chi connectivity index (χ0v) is 9.58. The number of carbonyl (C=O) groups is 1. The first kappa shape index (κ1) is 11.8. The Morgan fingerprint density at radius 3 is 2.67 bits per heavy atom. The monoisotopic (exact) mass is 206 g/mol. The minimum atomic E-state index is -0.708. The van der Waals surface area contributed by atoms with Gasteiger partial charge in [-0.3, -0.25) is 4.79 Å². The smallest absolute Gasteiger partial charge is 0.306 e. The number of aryl methyl sites for hydroxylation is 3. The summed E-state index contributed by atoms with van der Waals surface area (Å²) in [5.41, 5.74) is 3.75. The molecule has 1 N–H and O–H groups in total. The second-order valence-corrected chi connectivity index (χ2v) is 4.21.